The van der Waals surface area contributed by atoms with Crippen LogP contribution in [0.2, 0.25) is 0 Å². The molecule has 3 rings (SSSR count). The molecule has 0 spiro atoms. The molecule has 0 aromatic heterocycles. The summed E-state index contributed by atoms with van der Waals surface area (Å²) in [5.41, 5.74) is 3.98. The van der Waals surface area contributed by atoms with E-state index in [0.717, 1.165) is 5.57 Å². The predicted octanol–water partition coefficient (Wildman–Crippen LogP) is 3.02. The van der Waals surface area contributed by atoms with E-state index in [1.54, 1.807) is 39.1 Å². The summed E-state index contributed by atoms with van der Waals surface area (Å²) in [6.07, 6.45) is 4.15. The molecule has 2 aliphatic heterocycles. The van der Waals surface area contributed by atoms with Gasteiger partial charge in [0.25, 0.3) is 11.8 Å². The van der Waals surface area contributed by atoms with Crippen LogP contribution in [0.3, 0.4) is 0 Å². The molecule has 2 amide bonds. The number of carbonyl (C=O) groups excluding carboxylic acids is 2. The van der Waals surface area contributed by atoms with Crippen LogP contribution < -0.4 is 10.6 Å². The summed E-state index contributed by atoms with van der Waals surface area (Å²) >= 11 is 0. The number of carbonyl (C=O) groups is 3. The zero-order valence-corrected chi connectivity index (χ0v) is 23.6. The maximum atomic E-state index is 14.1. The van der Waals surface area contributed by atoms with Gasteiger partial charge in [0.1, 0.15) is 5.71 Å². The number of carboxylic acids is 1. The second-order valence-electron chi connectivity index (χ2n) is 11.1. The maximum absolute atomic E-state index is 14.1. The number of rotatable bonds is 12. The number of aliphatic carboxylic acids is 1. The maximum Gasteiger partial charge on any atom is 0.309 e. The fourth-order valence-electron chi connectivity index (χ4n) is 4.84. The Balaban J connectivity index is 1.69. The van der Waals surface area contributed by atoms with Gasteiger partial charge in [0.2, 0.25) is 5.91 Å². The molecule has 0 radical (unpaired) electrons. The average Bonchev–Trinajstić information content (AvgIpc) is 3.38. The molecule has 3 N–H and O–H groups in total. The molecule has 40 heavy (non-hydrogen) atoms. The van der Waals surface area contributed by atoms with Crippen LogP contribution in [-0.2, 0) is 19.1 Å². The third-order valence-electron chi connectivity index (χ3n) is 7.39. The van der Waals surface area contributed by atoms with Crippen molar-refractivity contribution in [3.8, 4) is 0 Å². The van der Waals surface area contributed by atoms with Crippen molar-refractivity contribution in [2.45, 2.75) is 58.7 Å². The van der Waals surface area contributed by atoms with Crippen molar-refractivity contribution in [3.05, 3.63) is 52.8 Å². The summed E-state index contributed by atoms with van der Waals surface area (Å²) in [4.78, 5) is 43.5. The summed E-state index contributed by atoms with van der Waals surface area (Å²) in [5.74, 6) is -5.61. The molecule has 0 aromatic carbocycles. The molecule has 1 saturated heterocycles. The second-order valence-corrected chi connectivity index (χ2v) is 11.1. The van der Waals surface area contributed by atoms with Crippen molar-refractivity contribution in [1.82, 2.24) is 15.5 Å². The molecule has 1 aliphatic carbocycles. The number of carboxylic acid groups (broad SMARTS) is 1. The largest absolute Gasteiger partial charge is 0.481 e. The van der Waals surface area contributed by atoms with Gasteiger partial charge in [-0.3, -0.25) is 14.4 Å². The molecule has 11 heteroatoms. The number of halogens is 2. The Bertz CT molecular complexity index is 1230. The predicted molar refractivity (Wildman–Crippen MR) is 147 cm³/mol. The zero-order valence-electron chi connectivity index (χ0n) is 23.6. The Kier molecular flexibility index (Phi) is 9.66. The lowest BCUT2D eigenvalue weighted by Gasteiger charge is -2.26. The molecule has 3 unspecified atom stereocenters. The van der Waals surface area contributed by atoms with Gasteiger partial charge < -0.3 is 25.4 Å². The van der Waals surface area contributed by atoms with Crippen LogP contribution in [0, 0.1) is 11.3 Å². The van der Waals surface area contributed by atoms with Crippen LogP contribution in [0.25, 0.3) is 0 Å². The first-order valence-corrected chi connectivity index (χ1v) is 13.2. The van der Waals surface area contributed by atoms with E-state index < -0.39 is 47.8 Å². The minimum atomic E-state index is -2.99. The lowest BCUT2D eigenvalue weighted by atomic mass is 9.81. The number of alkyl halides is 2. The Morgan fingerprint density at radius 3 is 2.67 bits per heavy atom. The minimum Gasteiger partial charge on any atom is -0.481 e. The highest BCUT2D eigenvalue weighted by Crippen LogP contribution is 2.37. The van der Waals surface area contributed by atoms with Crippen molar-refractivity contribution in [2.24, 2.45) is 16.3 Å². The Morgan fingerprint density at radius 1 is 1.38 bits per heavy atom. The highest BCUT2D eigenvalue weighted by atomic mass is 19.3. The standard InChI is InChI=1S/C29H38F2N4O5/c1-17(2)29(30,31)10-9-19-11-18(3)7-8-20(12-19)25-34-23(16-40-25)24(36)33-21(13-32-6)14-35-15-22(26(37)38)28(4,5)27(35)39/h7-8,12,21-22,25,32H,1,9-10,13-16H2,2-6H3,(H,33,36)(H,37,38). The summed E-state index contributed by atoms with van der Waals surface area (Å²) in [6.45, 7) is 10.2. The van der Waals surface area contributed by atoms with Crippen LogP contribution in [0.5, 0.6) is 0 Å². The molecule has 0 bridgehead atoms. The smallest absolute Gasteiger partial charge is 0.309 e. The van der Waals surface area contributed by atoms with E-state index in [0.29, 0.717) is 17.7 Å². The van der Waals surface area contributed by atoms with Gasteiger partial charge in [0.05, 0.1) is 24.0 Å². The van der Waals surface area contributed by atoms with E-state index >= 15 is 0 Å². The van der Waals surface area contributed by atoms with Crippen molar-refractivity contribution in [2.75, 3.05) is 33.3 Å². The van der Waals surface area contributed by atoms with E-state index in [9.17, 15) is 28.3 Å². The number of nitrogens with zero attached hydrogens (tertiary/aromatic N) is 2. The number of amides is 2. The number of ether oxygens (including phenoxy) is 1. The minimum absolute atomic E-state index is 0.0517. The normalized spacial score (nSPS) is 23.2. The topological polar surface area (TPSA) is 120 Å². The van der Waals surface area contributed by atoms with Crippen LogP contribution in [0.1, 0.15) is 40.5 Å². The van der Waals surface area contributed by atoms with E-state index in [-0.39, 0.29) is 43.3 Å². The summed E-state index contributed by atoms with van der Waals surface area (Å²) in [5, 5.41) is 15.4. The molecule has 3 atom stereocenters. The molecule has 9 nitrogen and oxygen atoms in total. The zero-order chi connectivity index (χ0) is 29.8. The van der Waals surface area contributed by atoms with Gasteiger partial charge in [-0.05, 0) is 50.1 Å². The lowest BCUT2D eigenvalue weighted by Crippen LogP contribution is -2.51. The molecule has 3 aliphatic rings. The highest BCUT2D eigenvalue weighted by Gasteiger charge is 2.51. The molecular weight excluding hydrogens is 522 g/mol. The highest BCUT2D eigenvalue weighted by molar-refractivity contribution is 6.40. The third-order valence-corrected chi connectivity index (χ3v) is 7.39. The average molecular weight is 561 g/mol. The van der Waals surface area contributed by atoms with E-state index in [2.05, 4.69) is 27.9 Å². The number of hydrogen-bond donors (Lipinski definition) is 3. The summed E-state index contributed by atoms with van der Waals surface area (Å²) in [7, 11) is 1.71. The van der Waals surface area contributed by atoms with Crippen LogP contribution in [0.4, 0.5) is 8.78 Å². The van der Waals surface area contributed by atoms with Crippen molar-refractivity contribution in [1.29, 1.82) is 0 Å². The second kappa shape index (κ2) is 12.4. The van der Waals surface area contributed by atoms with E-state index in [1.807, 2.05) is 6.92 Å². The number of likely N-dealkylation sites (tertiary alicyclic amines) is 1. The van der Waals surface area contributed by atoms with Crippen LogP contribution >= 0.6 is 0 Å². The van der Waals surface area contributed by atoms with Gasteiger partial charge in [-0.15, -0.1) is 5.73 Å². The van der Waals surface area contributed by atoms with Gasteiger partial charge in [0, 0.05) is 31.6 Å². The number of likely N-dealkylation sites (N-methyl/N-ethyl adjacent to an activating group) is 1. The Hall–Kier alpha value is -3.40. The SMILES string of the molecule is C=C(C)C(F)(F)CCC1=C=C(C)C=CC(C2N=C(C(=O)NC(CNC)CN3CC(C(=O)O)C(C)(C)C3=O)CO2)=C1. The molecular formula is C29H38F2N4O5. The molecule has 2 heterocycles. The van der Waals surface area contributed by atoms with Crippen LogP contribution in [-0.4, -0.2) is 85.0 Å². The molecule has 0 aromatic rings. The first-order chi connectivity index (χ1) is 18.6. The summed E-state index contributed by atoms with van der Waals surface area (Å²) < 4.78 is 34.0. The van der Waals surface area contributed by atoms with Gasteiger partial charge >= 0.3 is 5.97 Å². The number of hydrogen-bond acceptors (Lipinski definition) is 6. The van der Waals surface area contributed by atoms with Crippen molar-refractivity contribution < 1.29 is 33.0 Å². The quantitative estimate of drug-likeness (QED) is 0.249. The molecule has 1 fully saturated rings. The summed E-state index contributed by atoms with van der Waals surface area (Å²) in [6, 6.07) is -0.500. The molecule has 0 saturated carbocycles. The Labute approximate surface area is 233 Å². The van der Waals surface area contributed by atoms with Gasteiger partial charge in [-0.2, -0.15) is 0 Å². The van der Waals surface area contributed by atoms with Crippen molar-refractivity contribution in [3.63, 3.8) is 0 Å². The number of allylic oxidation sites excluding steroid dienone is 4. The Morgan fingerprint density at radius 2 is 2.08 bits per heavy atom. The first-order valence-electron chi connectivity index (χ1n) is 13.2. The van der Waals surface area contributed by atoms with E-state index in [1.165, 1.54) is 11.8 Å². The van der Waals surface area contributed by atoms with Gasteiger partial charge in [-0.25, -0.2) is 13.8 Å². The monoisotopic (exact) mass is 560 g/mol. The lowest BCUT2D eigenvalue weighted by molar-refractivity contribution is -0.147. The first kappa shape index (κ1) is 31.1. The fraction of sp³-hybridized carbons (Fsp3) is 0.552. The van der Waals surface area contributed by atoms with Crippen molar-refractivity contribution >= 4 is 23.5 Å². The third kappa shape index (κ3) is 7.21. The van der Waals surface area contributed by atoms with Crippen LogP contribution in [0.15, 0.2) is 57.8 Å². The van der Waals surface area contributed by atoms with E-state index in [4.69, 9.17) is 4.74 Å². The van der Waals surface area contributed by atoms with Gasteiger partial charge in [-0.1, -0.05) is 32.6 Å². The number of aliphatic imine (C=N–C) groups is 1. The number of nitrogens with one attached hydrogen (secondary N) is 2. The molecule has 218 valence electrons. The fourth-order valence-corrected chi connectivity index (χ4v) is 4.84. The van der Waals surface area contributed by atoms with Gasteiger partial charge in [0.15, 0.2) is 6.23 Å².